The van der Waals surface area contributed by atoms with E-state index in [1.165, 1.54) is 6.92 Å². The van der Waals surface area contributed by atoms with Gasteiger partial charge in [0.25, 0.3) is 0 Å². The Bertz CT molecular complexity index is 268. The lowest BCUT2D eigenvalue weighted by Crippen LogP contribution is -2.47. The average Bonchev–Trinajstić information content (AvgIpc) is 2.11. The van der Waals surface area contributed by atoms with Crippen molar-refractivity contribution in [3.63, 3.8) is 0 Å². The van der Waals surface area contributed by atoms with Gasteiger partial charge in [-0.25, -0.2) is 0 Å². The Morgan fingerprint density at radius 2 is 1.67 bits per heavy atom. The summed E-state index contributed by atoms with van der Waals surface area (Å²) in [6.07, 6.45) is 0.109. The first-order valence-corrected chi connectivity index (χ1v) is 4.81. The van der Waals surface area contributed by atoms with E-state index >= 15 is 0 Å². The number of ketones is 1. The number of hydrogen-bond acceptors (Lipinski definition) is 3. The molecule has 0 radical (unpaired) electrons. The standard InChI is InChI=1S/C10H16O5/c1-4-7(8(12)13)10(5-2,6(3)11)9(14)15/h7H,4-5H2,1-3H3,(H,12,13)(H,14,15). The molecule has 0 aliphatic heterocycles. The Balaban J connectivity index is 5.51. The number of Topliss-reactive ketones (excluding diaryl/α,β-unsaturated/α-hetero) is 1. The summed E-state index contributed by atoms with van der Waals surface area (Å²) >= 11 is 0. The van der Waals surface area contributed by atoms with Crippen molar-refractivity contribution in [2.24, 2.45) is 11.3 Å². The zero-order chi connectivity index (χ0) is 12.2. The maximum Gasteiger partial charge on any atom is 0.318 e. The van der Waals surface area contributed by atoms with Crippen molar-refractivity contribution in [1.82, 2.24) is 0 Å². The molecule has 0 bridgehead atoms. The van der Waals surface area contributed by atoms with Crippen LogP contribution in [0.3, 0.4) is 0 Å². The van der Waals surface area contributed by atoms with E-state index in [9.17, 15) is 14.4 Å². The van der Waals surface area contributed by atoms with Crippen LogP contribution in [-0.2, 0) is 14.4 Å². The van der Waals surface area contributed by atoms with Crippen molar-refractivity contribution in [1.29, 1.82) is 0 Å². The van der Waals surface area contributed by atoms with Crippen molar-refractivity contribution in [3.8, 4) is 0 Å². The van der Waals surface area contributed by atoms with Gasteiger partial charge in [0.1, 0.15) is 11.2 Å². The van der Waals surface area contributed by atoms with E-state index in [-0.39, 0.29) is 12.8 Å². The summed E-state index contributed by atoms with van der Waals surface area (Å²) in [6.45, 7) is 4.21. The summed E-state index contributed by atoms with van der Waals surface area (Å²) in [4.78, 5) is 33.4. The van der Waals surface area contributed by atoms with Crippen LogP contribution in [0.5, 0.6) is 0 Å². The molecule has 2 atom stereocenters. The molecule has 86 valence electrons. The first kappa shape index (κ1) is 13.6. The van der Waals surface area contributed by atoms with E-state index in [4.69, 9.17) is 10.2 Å². The fourth-order valence-electron chi connectivity index (χ4n) is 1.93. The molecule has 0 saturated carbocycles. The highest BCUT2D eigenvalue weighted by Crippen LogP contribution is 2.35. The minimum Gasteiger partial charge on any atom is -0.481 e. The molecule has 0 aromatic rings. The van der Waals surface area contributed by atoms with Crippen LogP contribution in [0.15, 0.2) is 0 Å². The molecule has 0 fully saturated rings. The molecule has 0 aliphatic rings. The molecule has 0 rings (SSSR count). The Morgan fingerprint density at radius 1 is 1.20 bits per heavy atom. The van der Waals surface area contributed by atoms with Crippen molar-refractivity contribution in [2.45, 2.75) is 33.6 Å². The Morgan fingerprint density at radius 3 is 1.73 bits per heavy atom. The van der Waals surface area contributed by atoms with Crippen LogP contribution < -0.4 is 0 Å². The lowest BCUT2D eigenvalue weighted by atomic mass is 9.69. The Kier molecular flexibility index (Phi) is 4.45. The van der Waals surface area contributed by atoms with Gasteiger partial charge in [0.2, 0.25) is 0 Å². The normalized spacial score (nSPS) is 16.5. The minimum atomic E-state index is -1.79. The van der Waals surface area contributed by atoms with E-state index in [0.717, 1.165) is 6.92 Å². The van der Waals surface area contributed by atoms with Crippen molar-refractivity contribution >= 4 is 17.7 Å². The van der Waals surface area contributed by atoms with E-state index < -0.39 is 29.1 Å². The first-order valence-electron chi connectivity index (χ1n) is 4.81. The molecule has 0 aromatic carbocycles. The highest BCUT2D eigenvalue weighted by atomic mass is 16.4. The molecule has 0 heterocycles. The lowest BCUT2D eigenvalue weighted by molar-refractivity contribution is -0.167. The molecular formula is C10H16O5. The second-order valence-electron chi connectivity index (χ2n) is 3.49. The molecule has 2 N–H and O–H groups in total. The van der Waals surface area contributed by atoms with Crippen molar-refractivity contribution in [2.75, 3.05) is 0 Å². The zero-order valence-corrected chi connectivity index (χ0v) is 9.11. The van der Waals surface area contributed by atoms with Crippen LogP contribution >= 0.6 is 0 Å². The summed E-state index contributed by atoms with van der Waals surface area (Å²) in [5.74, 6) is -4.37. The summed E-state index contributed by atoms with van der Waals surface area (Å²) in [7, 11) is 0. The van der Waals surface area contributed by atoms with Gasteiger partial charge < -0.3 is 10.2 Å². The Hall–Kier alpha value is -1.39. The van der Waals surface area contributed by atoms with E-state index in [1.54, 1.807) is 6.92 Å². The van der Waals surface area contributed by atoms with Crippen LogP contribution in [0, 0.1) is 11.3 Å². The van der Waals surface area contributed by atoms with Gasteiger partial charge in [0, 0.05) is 0 Å². The molecular weight excluding hydrogens is 200 g/mol. The fraction of sp³-hybridized carbons (Fsp3) is 0.700. The number of carboxylic acid groups (broad SMARTS) is 2. The van der Waals surface area contributed by atoms with Crippen LogP contribution in [-0.4, -0.2) is 27.9 Å². The first-order chi connectivity index (χ1) is 6.84. The van der Waals surface area contributed by atoms with Gasteiger partial charge in [-0.1, -0.05) is 13.8 Å². The second kappa shape index (κ2) is 4.91. The van der Waals surface area contributed by atoms with Crippen LogP contribution in [0.25, 0.3) is 0 Å². The molecule has 5 heteroatoms. The monoisotopic (exact) mass is 216 g/mol. The lowest BCUT2D eigenvalue weighted by Gasteiger charge is -2.30. The number of hydrogen-bond donors (Lipinski definition) is 2. The van der Waals surface area contributed by atoms with Crippen LogP contribution in [0.2, 0.25) is 0 Å². The van der Waals surface area contributed by atoms with Crippen molar-refractivity contribution < 1.29 is 24.6 Å². The highest BCUT2D eigenvalue weighted by Gasteiger charge is 2.51. The third-order valence-corrected chi connectivity index (χ3v) is 2.87. The van der Waals surface area contributed by atoms with Gasteiger partial charge in [-0.3, -0.25) is 14.4 Å². The average molecular weight is 216 g/mol. The maximum absolute atomic E-state index is 11.4. The van der Waals surface area contributed by atoms with Gasteiger partial charge in [-0.05, 0) is 19.8 Å². The van der Waals surface area contributed by atoms with Crippen LogP contribution in [0.4, 0.5) is 0 Å². The smallest absolute Gasteiger partial charge is 0.318 e. The number of carbonyl (C=O) groups excluding carboxylic acids is 1. The predicted molar refractivity (Wildman–Crippen MR) is 52.5 cm³/mol. The number of carboxylic acids is 2. The third-order valence-electron chi connectivity index (χ3n) is 2.87. The number of carbonyl (C=O) groups is 3. The summed E-state index contributed by atoms with van der Waals surface area (Å²) in [6, 6.07) is 0. The predicted octanol–water partition coefficient (Wildman–Crippen LogP) is 1.17. The quantitative estimate of drug-likeness (QED) is 0.650. The topological polar surface area (TPSA) is 91.7 Å². The molecule has 0 aliphatic carbocycles. The van der Waals surface area contributed by atoms with Gasteiger partial charge in [0.15, 0.2) is 0 Å². The number of rotatable bonds is 6. The molecule has 5 nitrogen and oxygen atoms in total. The molecule has 0 aromatic heterocycles. The Labute approximate surface area is 88.1 Å². The van der Waals surface area contributed by atoms with Gasteiger partial charge >= 0.3 is 11.9 Å². The highest BCUT2D eigenvalue weighted by molar-refractivity contribution is 6.05. The van der Waals surface area contributed by atoms with E-state index in [0.29, 0.717) is 0 Å². The number of aliphatic carboxylic acids is 2. The second-order valence-corrected chi connectivity index (χ2v) is 3.49. The van der Waals surface area contributed by atoms with Crippen LogP contribution in [0.1, 0.15) is 33.6 Å². The summed E-state index contributed by atoms with van der Waals surface area (Å²) < 4.78 is 0. The molecule has 2 unspecified atom stereocenters. The maximum atomic E-state index is 11.4. The molecule has 0 amide bonds. The summed E-state index contributed by atoms with van der Waals surface area (Å²) in [5, 5.41) is 18.0. The van der Waals surface area contributed by atoms with E-state index in [1.807, 2.05) is 0 Å². The van der Waals surface area contributed by atoms with E-state index in [2.05, 4.69) is 0 Å². The largest absolute Gasteiger partial charge is 0.481 e. The molecule has 0 spiro atoms. The third kappa shape index (κ3) is 2.16. The zero-order valence-electron chi connectivity index (χ0n) is 9.11. The fourth-order valence-corrected chi connectivity index (χ4v) is 1.93. The van der Waals surface area contributed by atoms with Gasteiger partial charge in [-0.2, -0.15) is 0 Å². The molecule has 15 heavy (non-hydrogen) atoms. The molecule has 0 saturated heterocycles. The van der Waals surface area contributed by atoms with Gasteiger partial charge in [-0.15, -0.1) is 0 Å². The minimum absolute atomic E-state index is 0.0114. The van der Waals surface area contributed by atoms with Crippen molar-refractivity contribution in [3.05, 3.63) is 0 Å². The SMILES string of the molecule is CCC(C(=O)O)C(CC)(C(C)=O)C(=O)O. The van der Waals surface area contributed by atoms with Gasteiger partial charge in [0.05, 0.1) is 5.92 Å². The summed E-state index contributed by atoms with van der Waals surface area (Å²) in [5.41, 5.74) is -1.79.